The Balaban J connectivity index is 1.61. The van der Waals surface area contributed by atoms with Gasteiger partial charge in [-0.3, -0.25) is 4.79 Å². The lowest BCUT2D eigenvalue weighted by Crippen LogP contribution is -2.43. The zero-order valence-corrected chi connectivity index (χ0v) is 11.6. The van der Waals surface area contributed by atoms with Crippen LogP contribution >= 0.6 is 0 Å². The first-order valence-corrected chi connectivity index (χ1v) is 7.32. The summed E-state index contributed by atoms with van der Waals surface area (Å²) in [6.07, 6.45) is 4.68. The van der Waals surface area contributed by atoms with Crippen LogP contribution < -0.4 is 5.32 Å². The summed E-state index contributed by atoms with van der Waals surface area (Å²) in [6.45, 7) is 2.15. The number of benzene rings is 1. The number of carbonyl (C=O) groups excluding carboxylic acids is 1. The van der Waals surface area contributed by atoms with E-state index in [1.54, 1.807) is 0 Å². The van der Waals surface area contributed by atoms with Crippen LogP contribution in [0.1, 0.15) is 47.5 Å². The minimum absolute atomic E-state index is 0.0945. The maximum atomic E-state index is 12.3. The van der Waals surface area contributed by atoms with E-state index in [-0.39, 0.29) is 5.91 Å². The average molecular weight is 258 g/mol. The number of nitrogens with zero attached hydrogens (tertiary/aromatic N) is 1. The van der Waals surface area contributed by atoms with Crippen molar-refractivity contribution < 1.29 is 4.79 Å². The molecule has 3 nitrogen and oxygen atoms in total. The highest BCUT2D eigenvalue weighted by atomic mass is 16.1. The summed E-state index contributed by atoms with van der Waals surface area (Å²) in [5.41, 5.74) is 2.15. The Morgan fingerprint density at radius 1 is 1.21 bits per heavy atom. The zero-order chi connectivity index (χ0) is 13.2. The van der Waals surface area contributed by atoms with Crippen LogP contribution in [0.5, 0.6) is 0 Å². The molecule has 3 heteroatoms. The van der Waals surface area contributed by atoms with Crippen molar-refractivity contribution in [2.24, 2.45) is 0 Å². The van der Waals surface area contributed by atoms with E-state index < -0.39 is 0 Å². The van der Waals surface area contributed by atoms with Crippen LogP contribution in [0.15, 0.2) is 24.3 Å². The highest BCUT2D eigenvalue weighted by molar-refractivity contribution is 5.94. The fraction of sp³-hybridized carbons (Fsp3) is 0.562. The van der Waals surface area contributed by atoms with Gasteiger partial charge in [0.15, 0.2) is 0 Å². The maximum absolute atomic E-state index is 12.3. The molecule has 19 heavy (non-hydrogen) atoms. The third-order valence-corrected chi connectivity index (χ3v) is 4.25. The van der Waals surface area contributed by atoms with Gasteiger partial charge in [0, 0.05) is 11.6 Å². The lowest BCUT2D eigenvalue weighted by molar-refractivity contribution is 0.0917. The van der Waals surface area contributed by atoms with Gasteiger partial charge in [-0.05, 0) is 69.4 Å². The lowest BCUT2D eigenvalue weighted by atomic mass is 10.0. The number of amides is 1. The van der Waals surface area contributed by atoms with Crippen LogP contribution in [-0.2, 0) is 0 Å². The quantitative estimate of drug-likeness (QED) is 0.903. The molecule has 1 aliphatic heterocycles. The van der Waals surface area contributed by atoms with E-state index in [9.17, 15) is 4.79 Å². The number of nitrogens with one attached hydrogen (secondary N) is 1. The van der Waals surface area contributed by atoms with Gasteiger partial charge >= 0.3 is 0 Å². The molecule has 2 aliphatic rings. The second-order valence-electron chi connectivity index (χ2n) is 5.95. The van der Waals surface area contributed by atoms with Gasteiger partial charge in [-0.2, -0.15) is 0 Å². The van der Waals surface area contributed by atoms with Gasteiger partial charge in [0.2, 0.25) is 0 Å². The van der Waals surface area contributed by atoms with Gasteiger partial charge < -0.3 is 10.2 Å². The molecule has 1 saturated heterocycles. The Morgan fingerprint density at radius 3 is 2.63 bits per heavy atom. The first kappa shape index (κ1) is 12.7. The van der Waals surface area contributed by atoms with Crippen LogP contribution in [0.4, 0.5) is 0 Å². The van der Waals surface area contributed by atoms with Gasteiger partial charge in [-0.25, -0.2) is 0 Å². The number of rotatable bonds is 3. The van der Waals surface area contributed by atoms with E-state index in [0.717, 1.165) is 31.5 Å². The Hall–Kier alpha value is -1.35. The number of hydrogen-bond donors (Lipinski definition) is 1. The van der Waals surface area contributed by atoms with Gasteiger partial charge in [-0.1, -0.05) is 12.1 Å². The summed E-state index contributed by atoms with van der Waals surface area (Å²) in [5, 5.41) is 3.18. The third kappa shape index (κ3) is 3.16. The summed E-state index contributed by atoms with van der Waals surface area (Å²) < 4.78 is 0. The first-order valence-electron chi connectivity index (χ1n) is 7.32. The average Bonchev–Trinajstić information content (AvgIpc) is 3.26. The second-order valence-corrected chi connectivity index (χ2v) is 5.95. The molecule has 1 heterocycles. The number of piperidine rings is 1. The van der Waals surface area contributed by atoms with Crippen LogP contribution in [0.25, 0.3) is 0 Å². The van der Waals surface area contributed by atoms with Crippen molar-refractivity contribution in [2.45, 2.75) is 37.6 Å². The Kier molecular flexibility index (Phi) is 3.56. The molecule has 3 rings (SSSR count). The fourth-order valence-corrected chi connectivity index (χ4v) is 2.77. The predicted octanol–water partition coefficient (Wildman–Crippen LogP) is 2.39. The van der Waals surface area contributed by atoms with Crippen molar-refractivity contribution in [3.05, 3.63) is 35.4 Å². The molecule has 1 aromatic rings. The van der Waals surface area contributed by atoms with Gasteiger partial charge in [-0.15, -0.1) is 0 Å². The molecule has 0 atom stereocenters. The summed E-state index contributed by atoms with van der Waals surface area (Å²) in [7, 11) is 2.14. The van der Waals surface area contributed by atoms with Crippen molar-refractivity contribution in [2.75, 3.05) is 20.1 Å². The largest absolute Gasteiger partial charge is 0.349 e. The maximum Gasteiger partial charge on any atom is 0.251 e. The standard InChI is InChI=1S/C16H22N2O/c1-18-9-7-15(8-10-18)17-16(19)14-4-2-3-13(11-14)12-5-6-12/h2-4,11-12,15H,5-10H2,1H3,(H,17,19). The first-order chi connectivity index (χ1) is 9.22. The van der Waals surface area contributed by atoms with Crippen molar-refractivity contribution in [1.82, 2.24) is 10.2 Å². The van der Waals surface area contributed by atoms with E-state index >= 15 is 0 Å². The van der Waals surface area contributed by atoms with Crippen LogP contribution in [0.2, 0.25) is 0 Å². The van der Waals surface area contributed by atoms with Crippen LogP contribution in [-0.4, -0.2) is 37.0 Å². The molecular formula is C16H22N2O. The summed E-state index contributed by atoms with van der Waals surface area (Å²) in [6, 6.07) is 8.49. The Morgan fingerprint density at radius 2 is 1.95 bits per heavy atom. The topological polar surface area (TPSA) is 32.3 Å². The molecule has 1 N–H and O–H groups in total. The molecular weight excluding hydrogens is 236 g/mol. The highest BCUT2D eigenvalue weighted by Gasteiger charge is 2.24. The van der Waals surface area contributed by atoms with E-state index in [1.807, 2.05) is 12.1 Å². The molecule has 0 aromatic heterocycles. The van der Waals surface area contributed by atoms with Crippen molar-refractivity contribution in [1.29, 1.82) is 0 Å². The summed E-state index contributed by atoms with van der Waals surface area (Å²) in [5.74, 6) is 0.799. The molecule has 1 saturated carbocycles. The fourth-order valence-electron chi connectivity index (χ4n) is 2.77. The van der Waals surface area contributed by atoms with Gasteiger partial charge in [0.25, 0.3) is 5.91 Å². The molecule has 1 amide bonds. The molecule has 1 aromatic carbocycles. The minimum atomic E-state index is 0.0945. The molecule has 2 fully saturated rings. The highest BCUT2D eigenvalue weighted by Crippen LogP contribution is 2.40. The summed E-state index contributed by atoms with van der Waals surface area (Å²) in [4.78, 5) is 14.6. The normalized spacial score (nSPS) is 21.3. The molecule has 0 bridgehead atoms. The smallest absolute Gasteiger partial charge is 0.251 e. The molecule has 1 aliphatic carbocycles. The number of carbonyl (C=O) groups is 1. The lowest BCUT2D eigenvalue weighted by Gasteiger charge is -2.29. The van der Waals surface area contributed by atoms with E-state index in [2.05, 4.69) is 29.4 Å². The number of hydrogen-bond acceptors (Lipinski definition) is 2. The van der Waals surface area contributed by atoms with Crippen molar-refractivity contribution in [3.8, 4) is 0 Å². The minimum Gasteiger partial charge on any atom is -0.349 e. The Bertz CT molecular complexity index is 460. The molecule has 102 valence electrons. The van der Waals surface area contributed by atoms with Gasteiger partial charge in [0.1, 0.15) is 0 Å². The monoisotopic (exact) mass is 258 g/mol. The van der Waals surface area contributed by atoms with Crippen molar-refractivity contribution >= 4 is 5.91 Å². The second kappa shape index (κ2) is 5.33. The predicted molar refractivity (Wildman–Crippen MR) is 76.4 cm³/mol. The van der Waals surface area contributed by atoms with Crippen molar-refractivity contribution in [3.63, 3.8) is 0 Å². The SMILES string of the molecule is CN1CCC(NC(=O)c2cccc(C3CC3)c2)CC1. The van der Waals surface area contributed by atoms with Crippen LogP contribution in [0, 0.1) is 0 Å². The van der Waals surface area contributed by atoms with E-state index in [0.29, 0.717) is 12.0 Å². The van der Waals surface area contributed by atoms with E-state index in [4.69, 9.17) is 0 Å². The molecule has 0 radical (unpaired) electrons. The van der Waals surface area contributed by atoms with Crippen LogP contribution in [0.3, 0.4) is 0 Å². The zero-order valence-electron chi connectivity index (χ0n) is 11.6. The third-order valence-electron chi connectivity index (χ3n) is 4.25. The summed E-state index contributed by atoms with van der Waals surface area (Å²) >= 11 is 0. The number of likely N-dealkylation sites (tertiary alicyclic amines) is 1. The Labute approximate surface area is 115 Å². The van der Waals surface area contributed by atoms with Gasteiger partial charge in [0.05, 0.1) is 0 Å². The molecule has 0 unspecified atom stereocenters. The van der Waals surface area contributed by atoms with E-state index in [1.165, 1.54) is 18.4 Å². The molecule has 0 spiro atoms.